The Bertz CT molecular complexity index is 536. The Hall–Kier alpha value is -2.04. The molecular weight excluding hydrogens is 306 g/mol. The van der Waals surface area contributed by atoms with Crippen LogP contribution in [0.1, 0.15) is 61.7 Å². The molecule has 0 unspecified atom stereocenters. The maximum atomic E-state index is 12.0. The molecule has 0 spiro atoms. The molecule has 1 saturated carbocycles. The highest BCUT2D eigenvalue weighted by Crippen LogP contribution is 2.23. The van der Waals surface area contributed by atoms with Crippen LogP contribution in [0.2, 0.25) is 0 Å². The Balaban J connectivity index is 1.68. The van der Waals surface area contributed by atoms with E-state index in [9.17, 15) is 9.59 Å². The van der Waals surface area contributed by atoms with E-state index in [-0.39, 0.29) is 5.91 Å². The summed E-state index contributed by atoms with van der Waals surface area (Å²) < 4.78 is 10.8. The molecule has 0 bridgehead atoms. The summed E-state index contributed by atoms with van der Waals surface area (Å²) in [6.45, 7) is 0.460. The van der Waals surface area contributed by atoms with E-state index < -0.39 is 0 Å². The third-order valence-corrected chi connectivity index (χ3v) is 4.37. The monoisotopic (exact) mass is 333 g/mol. The average molecular weight is 333 g/mol. The van der Waals surface area contributed by atoms with Gasteiger partial charge >= 0.3 is 0 Å². The van der Waals surface area contributed by atoms with E-state index in [0.717, 1.165) is 19.1 Å². The molecule has 0 atom stereocenters. The normalized spacial score (nSPS) is 15.4. The summed E-state index contributed by atoms with van der Waals surface area (Å²) in [6.07, 6.45) is 9.09. The fraction of sp³-hybridized carbons (Fsp3) is 0.579. The lowest BCUT2D eigenvalue weighted by molar-refractivity contribution is -0.122. The van der Waals surface area contributed by atoms with Crippen molar-refractivity contribution < 1.29 is 19.1 Å². The molecule has 5 heteroatoms. The second-order valence-corrected chi connectivity index (χ2v) is 6.23. The minimum absolute atomic E-state index is 0.111. The molecule has 1 aliphatic rings. The first-order valence-electron chi connectivity index (χ1n) is 8.78. The van der Waals surface area contributed by atoms with Crippen molar-refractivity contribution in [2.75, 3.05) is 13.7 Å². The molecule has 5 nitrogen and oxygen atoms in total. The highest BCUT2D eigenvalue weighted by Gasteiger charge is 2.14. The van der Waals surface area contributed by atoms with Crippen LogP contribution in [0.25, 0.3) is 0 Å². The summed E-state index contributed by atoms with van der Waals surface area (Å²) in [4.78, 5) is 22.8. The number of rotatable bonds is 8. The van der Waals surface area contributed by atoms with Crippen molar-refractivity contribution in [3.63, 3.8) is 0 Å². The van der Waals surface area contributed by atoms with Crippen LogP contribution in [0.3, 0.4) is 0 Å². The second-order valence-electron chi connectivity index (χ2n) is 6.23. The first-order valence-corrected chi connectivity index (χ1v) is 8.78. The van der Waals surface area contributed by atoms with E-state index in [4.69, 9.17) is 9.47 Å². The third kappa shape index (κ3) is 5.87. The van der Waals surface area contributed by atoms with Crippen LogP contribution in [0.4, 0.5) is 0 Å². The van der Waals surface area contributed by atoms with Gasteiger partial charge in [-0.25, -0.2) is 0 Å². The Labute approximate surface area is 143 Å². The Kier molecular flexibility index (Phi) is 7.59. The van der Waals surface area contributed by atoms with E-state index in [2.05, 4.69) is 5.32 Å². The topological polar surface area (TPSA) is 64.6 Å². The zero-order chi connectivity index (χ0) is 17.2. The second kappa shape index (κ2) is 9.96. The number of carbonyl (C=O) groups is 2. The number of hydrogen-bond donors (Lipinski definition) is 1. The number of aldehydes is 1. The lowest BCUT2D eigenvalue weighted by Gasteiger charge is -2.16. The summed E-state index contributed by atoms with van der Waals surface area (Å²) in [7, 11) is 1.52. The number of methoxy groups -OCH3 is 1. The summed E-state index contributed by atoms with van der Waals surface area (Å²) in [6, 6.07) is 5.44. The van der Waals surface area contributed by atoms with Crippen molar-refractivity contribution in [3.8, 4) is 11.5 Å². The number of nitrogens with one attached hydrogen (secondary N) is 1. The van der Waals surface area contributed by atoms with E-state index in [1.807, 2.05) is 0 Å². The van der Waals surface area contributed by atoms with Crippen LogP contribution in [0.15, 0.2) is 18.2 Å². The molecule has 0 aromatic heterocycles. The molecule has 132 valence electrons. The Morgan fingerprint density at radius 1 is 1.25 bits per heavy atom. The van der Waals surface area contributed by atoms with Crippen LogP contribution in [0.5, 0.6) is 11.5 Å². The van der Waals surface area contributed by atoms with E-state index in [0.29, 0.717) is 42.6 Å². The van der Waals surface area contributed by atoms with Crippen molar-refractivity contribution in [1.29, 1.82) is 0 Å². The average Bonchev–Trinajstić information content (AvgIpc) is 2.87. The maximum Gasteiger partial charge on any atom is 0.220 e. The summed E-state index contributed by atoms with van der Waals surface area (Å²) in [5.74, 6) is 1.25. The molecule has 0 heterocycles. The lowest BCUT2D eigenvalue weighted by atomic mass is 10.1. The fourth-order valence-electron chi connectivity index (χ4n) is 3.02. The molecule has 1 aromatic carbocycles. The van der Waals surface area contributed by atoms with Crippen molar-refractivity contribution in [1.82, 2.24) is 5.32 Å². The fourth-order valence-corrected chi connectivity index (χ4v) is 3.02. The molecule has 0 radical (unpaired) electrons. The van der Waals surface area contributed by atoms with E-state index >= 15 is 0 Å². The molecule has 0 saturated heterocycles. The van der Waals surface area contributed by atoms with E-state index in [1.165, 1.54) is 32.8 Å². The van der Waals surface area contributed by atoms with Crippen LogP contribution in [-0.2, 0) is 4.79 Å². The smallest absolute Gasteiger partial charge is 0.220 e. The molecular formula is C19H27NO4. The zero-order valence-corrected chi connectivity index (χ0v) is 14.4. The number of ether oxygens (including phenoxy) is 2. The molecule has 1 aromatic rings. The van der Waals surface area contributed by atoms with Gasteiger partial charge in [-0.05, 0) is 31.4 Å². The van der Waals surface area contributed by atoms with Gasteiger partial charge in [0.05, 0.1) is 19.3 Å². The number of carbonyl (C=O) groups excluding carboxylic acids is 2. The van der Waals surface area contributed by atoms with Gasteiger partial charge in [-0.15, -0.1) is 0 Å². The van der Waals surface area contributed by atoms with Gasteiger partial charge in [0, 0.05) is 18.5 Å². The van der Waals surface area contributed by atoms with E-state index in [1.54, 1.807) is 18.2 Å². The van der Waals surface area contributed by atoms with Gasteiger partial charge in [-0.2, -0.15) is 0 Å². The van der Waals surface area contributed by atoms with Crippen molar-refractivity contribution in [2.45, 2.75) is 57.4 Å². The van der Waals surface area contributed by atoms with Gasteiger partial charge < -0.3 is 14.8 Å². The van der Waals surface area contributed by atoms with Crippen LogP contribution < -0.4 is 14.8 Å². The van der Waals surface area contributed by atoms with Crippen molar-refractivity contribution in [2.24, 2.45) is 0 Å². The van der Waals surface area contributed by atoms with Crippen LogP contribution in [0, 0.1) is 0 Å². The van der Waals surface area contributed by atoms with Gasteiger partial charge in [0.15, 0.2) is 6.29 Å². The third-order valence-electron chi connectivity index (χ3n) is 4.37. The van der Waals surface area contributed by atoms with Gasteiger partial charge in [0.1, 0.15) is 11.5 Å². The van der Waals surface area contributed by atoms with Gasteiger partial charge in [-0.3, -0.25) is 9.59 Å². The molecule has 1 amide bonds. The first kappa shape index (κ1) is 18.3. The molecule has 2 rings (SSSR count). The Morgan fingerprint density at radius 2 is 2.00 bits per heavy atom. The minimum Gasteiger partial charge on any atom is -0.496 e. The maximum absolute atomic E-state index is 12.0. The first-order chi connectivity index (χ1) is 11.7. The predicted octanol–water partition coefficient (Wildman–Crippen LogP) is 3.51. The van der Waals surface area contributed by atoms with Crippen LogP contribution in [-0.4, -0.2) is 32.0 Å². The van der Waals surface area contributed by atoms with Gasteiger partial charge in [-0.1, -0.05) is 25.7 Å². The SMILES string of the molecule is COc1cc(OCCCC(=O)NC2CCCCCC2)ccc1C=O. The molecule has 24 heavy (non-hydrogen) atoms. The molecule has 1 N–H and O–H groups in total. The summed E-state index contributed by atoms with van der Waals surface area (Å²) >= 11 is 0. The van der Waals surface area contributed by atoms with Gasteiger partial charge in [0.25, 0.3) is 0 Å². The standard InChI is InChI=1S/C19H27NO4/c1-23-18-13-17(11-10-15(18)14-21)24-12-6-9-19(22)20-16-7-4-2-3-5-8-16/h10-11,13-14,16H,2-9,12H2,1H3,(H,20,22). The highest BCUT2D eigenvalue weighted by molar-refractivity contribution is 5.79. The van der Waals surface area contributed by atoms with Crippen LogP contribution >= 0.6 is 0 Å². The van der Waals surface area contributed by atoms with Crippen molar-refractivity contribution >= 4 is 12.2 Å². The lowest BCUT2D eigenvalue weighted by Crippen LogP contribution is -2.34. The minimum atomic E-state index is 0.111. The molecule has 1 aliphatic carbocycles. The number of amides is 1. The zero-order valence-electron chi connectivity index (χ0n) is 14.4. The molecule has 0 aliphatic heterocycles. The highest BCUT2D eigenvalue weighted by atomic mass is 16.5. The summed E-state index contributed by atoms with van der Waals surface area (Å²) in [5.41, 5.74) is 0.493. The Morgan fingerprint density at radius 3 is 2.67 bits per heavy atom. The largest absolute Gasteiger partial charge is 0.496 e. The molecule has 1 fully saturated rings. The number of benzene rings is 1. The van der Waals surface area contributed by atoms with Gasteiger partial charge in [0.2, 0.25) is 5.91 Å². The predicted molar refractivity (Wildman–Crippen MR) is 92.7 cm³/mol. The van der Waals surface area contributed by atoms with Crippen molar-refractivity contribution in [3.05, 3.63) is 23.8 Å². The quantitative estimate of drug-likeness (QED) is 0.449. The number of hydrogen-bond acceptors (Lipinski definition) is 4. The summed E-state index contributed by atoms with van der Waals surface area (Å²) in [5, 5.41) is 3.14.